The maximum Gasteiger partial charge on any atom is 0.216 e. The zero-order chi connectivity index (χ0) is 13.9. The van der Waals surface area contributed by atoms with E-state index in [1.807, 2.05) is 17.5 Å². The van der Waals surface area contributed by atoms with E-state index in [-0.39, 0.29) is 5.82 Å². The van der Waals surface area contributed by atoms with Crippen molar-refractivity contribution in [1.82, 2.24) is 14.9 Å². The Morgan fingerprint density at radius 2 is 2.25 bits per heavy atom. The van der Waals surface area contributed by atoms with Crippen molar-refractivity contribution in [2.45, 2.75) is 0 Å². The molecule has 0 fully saturated rings. The van der Waals surface area contributed by atoms with Gasteiger partial charge in [-0.25, -0.2) is 9.49 Å². The SMILES string of the molecule is Fc1cccc(C=Nn2c(-c3cccs3)n[nH]c2=S)c1. The van der Waals surface area contributed by atoms with Crippen LogP contribution in [0, 0.1) is 10.6 Å². The third kappa shape index (κ3) is 2.59. The topological polar surface area (TPSA) is 46.0 Å². The molecule has 0 bridgehead atoms. The van der Waals surface area contributed by atoms with E-state index in [1.54, 1.807) is 29.7 Å². The van der Waals surface area contributed by atoms with Crippen molar-refractivity contribution in [2.24, 2.45) is 5.10 Å². The Hall–Kier alpha value is -2.12. The molecule has 0 aliphatic carbocycles. The molecule has 0 saturated heterocycles. The van der Waals surface area contributed by atoms with Gasteiger partial charge in [0, 0.05) is 0 Å². The van der Waals surface area contributed by atoms with Crippen LogP contribution in [-0.2, 0) is 0 Å². The third-order valence-electron chi connectivity index (χ3n) is 2.56. The average molecular weight is 304 g/mol. The highest BCUT2D eigenvalue weighted by Gasteiger charge is 2.08. The predicted molar refractivity (Wildman–Crippen MR) is 80.1 cm³/mol. The van der Waals surface area contributed by atoms with Crippen LogP contribution in [0.25, 0.3) is 10.7 Å². The second kappa shape index (κ2) is 5.48. The molecule has 0 aliphatic heterocycles. The quantitative estimate of drug-likeness (QED) is 0.592. The van der Waals surface area contributed by atoms with Crippen molar-refractivity contribution in [3.05, 3.63) is 57.9 Å². The Labute approximate surface area is 123 Å². The van der Waals surface area contributed by atoms with Crippen LogP contribution >= 0.6 is 23.6 Å². The number of H-pyrrole nitrogens is 1. The van der Waals surface area contributed by atoms with Crippen molar-refractivity contribution in [3.63, 3.8) is 0 Å². The van der Waals surface area contributed by atoms with Crippen molar-refractivity contribution in [2.75, 3.05) is 0 Å². The zero-order valence-electron chi connectivity index (χ0n) is 10.2. The number of benzene rings is 1. The number of halogens is 1. The summed E-state index contributed by atoms with van der Waals surface area (Å²) in [5, 5.41) is 13.1. The van der Waals surface area contributed by atoms with Crippen LogP contribution in [0.2, 0.25) is 0 Å². The van der Waals surface area contributed by atoms with Gasteiger partial charge in [0.2, 0.25) is 4.77 Å². The average Bonchev–Trinajstić information content (AvgIpc) is 3.06. The maximum atomic E-state index is 13.1. The molecule has 7 heteroatoms. The molecule has 2 aromatic heterocycles. The summed E-state index contributed by atoms with van der Waals surface area (Å²) < 4.78 is 15.0. The van der Waals surface area contributed by atoms with Crippen molar-refractivity contribution in [1.29, 1.82) is 0 Å². The Morgan fingerprint density at radius 3 is 3.00 bits per heavy atom. The van der Waals surface area contributed by atoms with Crippen LogP contribution in [0.3, 0.4) is 0 Å². The first kappa shape index (κ1) is 12.9. The van der Waals surface area contributed by atoms with Gasteiger partial charge in [-0.15, -0.1) is 11.3 Å². The molecular weight excluding hydrogens is 295 g/mol. The normalized spacial score (nSPS) is 11.2. The standard InChI is InChI=1S/C13H9FN4S2/c14-10-4-1-3-9(7-10)8-15-18-12(16-17-13(18)19)11-5-2-6-20-11/h1-8H,(H,17,19). The minimum absolute atomic E-state index is 0.303. The first-order chi connectivity index (χ1) is 9.74. The minimum Gasteiger partial charge on any atom is -0.250 e. The second-order valence-corrected chi connectivity index (χ2v) is 5.28. The van der Waals surface area contributed by atoms with Crippen molar-refractivity contribution >= 4 is 29.8 Å². The molecular formula is C13H9FN4S2. The Morgan fingerprint density at radius 1 is 1.35 bits per heavy atom. The lowest BCUT2D eigenvalue weighted by molar-refractivity contribution is 0.627. The number of aromatic nitrogens is 3. The van der Waals surface area contributed by atoms with Crippen molar-refractivity contribution < 1.29 is 4.39 Å². The number of hydrogen-bond acceptors (Lipinski definition) is 4. The molecule has 0 saturated carbocycles. The number of hydrogen-bond donors (Lipinski definition) is 1. The highest BCUT2D eigenvalue weighted by Crippen LogP contribution is 2.22. The van der Waals surface area contributed by atoms with Gasteiger partial charge in [-0.2, -0.15) is 14.9 Å². The highest BCUT2D eigenvalue weighted by molar-refractivity contribution is 7.71. The molecule has 0 spiro atoms. The van der Waals surface area contributed by atoms with Gasteiger partial charge in [0.25, 0.3) is 0 Å². The lowest BCUT2D eigenvalue weighted by atomic mass is 10.2. The largest absolute Gasteiger partial charge is 0.250 e. The highest BCUT2D eigenvalue weighted by atomic mass is 32.1. The number of nitrogens with zero attached hydrogens (tertiary/aromatic N) is 3. The fourth-order valence-electron chi connectivity index (χ4n) is 1.68. The summed E-state index contributed by atoms with van der Waals surface area (Å²) in [6.45, 7) is 0. The number of rotatable bonds is 3. The van der Waals surface area contributed by atoms with Gasteiger partial charge in [-0.05, 0) is 41.4 Å². The Bertz CT molecular complexity index is 802. The predicted octanol–water partition coefficient (Wildman–Crippen LogP) is 3.69. The van der Waals surface area contributed by atoms with E-state index >= 15 is 0 Å². The molecule has 4 nitrogen and oxygen atoms in total. The first-order valence-corrected chi connectivity index (χ1v) is 7.04. The Kier molecular flexibility index (Phi) is 3.53. The molecule has 2 heterocycles. The summed E-state index contributed by atoms with van der Waals surface area (Å²) in [5.41, 5.74) is 0.658. The van der Waals surface area contributed by atoms with E-state index in [0.717, 1.165) is 4.88 Å². The van der Waals surface area contributed by atoms with Crippen LogP contribution in [0.1, 0.15) is 5.56 Å². The molecule has 100 valence electrons. The van der Waals surface area contributed by atoms with E-state index < -0.39 is 0 Å². The van der Waals surface area contributed by atoms with E-state index in [0.29, 0.717) is 16.2 Å². The van der Waals surface area contributed by atoms with Gasteiger partial charge < -0.3 is 0 Å². The molecule has 20 heavy (non-hydrogen) atoms. The molecule has 1 N–H and O–H groups in total. The maximum absolute atomic E-state index is 13.1. The molecule has 0 amide bonds. The second-order valence-electron chi connectivity index (χ2n) is 3.94. The van der Waals surface area contributed by atoms with Gasteiger partial charge in [0.15, 0.2) is 5.82 Å². The third-order valence-corrected chi connectivity index (χ3v) is 3.69. The molecule has 3 aromatic rings. The first-order valence-electron chi connectivity index (χ1n) is 5.75. The molecule has 0 radical (unpaired) electrons. The van der Waals surface area contributed by atoms with Gasteiger partial charge in [0.1, 0.15) is 5.82 Å². The van der Waals surface area contributed by atoms with E-state index in [1.165, 1.54) is 16.8 Å². The molecule has 3 rings (SSSR count). The smallest absolute Gasteiger partial charge is 0.216 e. The monoisotopic (exact) mass is 304 g/mol. The molecule has 1 aromatic carbocycles. The fraction of sp³-hybridized carbons (Fsp3) is 0. The van der Waals surface area contributed by atoms with Crippen LogP contribution in [0.4, 0.5) is 4.39 Å². The number of aromatic amines is 1. The summed E-state index contributed by atoms with van der Waals surface area (Å²) in [6.07, 6.45) is 1.55. The lowest BCUT2D eigenvalue weighted by Crippen LogP contribution is -1.94. The van der Waals surface area contributed by atoms with Crippen LogP contribution < -0.4 is 0 Å². The van der Waals surface area contributed by atoms with Crippen LogP contribution in [0.5, 0.6) is 0 Å². The van der Waals surface area contributed by atoms with Gasteiger partial charge in [-0.3, -0.25) is 0 Å². The lowest BCUT2D eigenvalue weighted by Gasteiger charge is -1.98. The van der Waals surface area contributed by atoms with Crippen LogP contribution in [0.15, 0.2) is 46.9 Å². The molecule has 0 aliphatic rings. The van der Waals surface area contributed by atoms with E-state index in [4.69, 9.17) is 12.2 Å². The zero-order valence-corrected chi connectivity index (χ0v) is 11.8. The van der Waals surface area contributed by atoms with Gasteiger partial charge >= 0.3 is 0 Å². The fourth-order valence-corrected chi connectivity index (χ4v) is 2.55. The van der Waals surface area contributed by atoms with E-state index in [2.05, 4.69) is 15.3 Å². The Balaban J connectivity index is 1.99. The molecule has 0 unspecified atom stereocenters. The summed E-state index contributed by atoms with van der Waals surface area (Å²) in [7, 11) is 0. The summed E-state index contributed by atoms with van der Waals surface area (Å²) in [4.78, 5) is 0.953. The number of thiophene rings is 1. The summed E-state index contributed by atoms with van der Waals surface area (Å²) >= 11 is 6.69. The minimum atomic E-state index is -0.303. The summed E-state index contributed by atoms with van der Waals surface area (Å²) in [5.74, 6) is 0.334. The van der Waals surface area contributed by atoms with E-state index in [9.17, 15) is 4.39 Å². The van der Waals surface area contributed by atoms with Gasteiger partial charge in [-0.1, -0.05) is 18.2 Å². The van der Waals surface area contributed by atoms with Crippen LogP contribution in [-0.4, -0.2) is 21.1 Å². The van der Waals surface area contributed by atoms with Gasteiger partial charge in [0.05, 0.1) is 11.1 Å². The van der Waals surface area contributed by atoms with Crippen molar-refractivity contribution in [3.8, 4) is 10.7 Å². The molecule has 0 atom stereocenters. The summed E-state index contributed by atoms with van der Waals surface area (Å²) in [6, 6.07) is 10.0. The number of nitrogens with one attached hydrogen (secondary N) is 1.